The molecule has 0 unspecified atom stereocenters. The molecule has 3 rings (SSSR count). The van der Waals surface area contributed by atoms with Crippen LogP contribution in [-0.4, -0.2) is 32.2 Å². The van der Waals surface area contributed by atoms with Crippen molar-refractivity contribution in [1.29, 1.82) is 0 Å². The number of carbonyl (C=O) groups is 1. The van der Waals surface area contributed by atoms with Crippen LogP contribution in [0.25, 0.3) is 5.69 Å². The van der Waals surface area contributed by atoms with Crippen molar-refractivity contribution in [2.75, 3.05) is 0 Å². The van der Waals surface area contributed by atoms with Crippen LogP contribution in [0.1, 0.15) is 48.9 Å². The molecule has 0 atom stereocenters. The van der Waals surface area contributed by atoms with Crippen LogP contribution in [0.5, 0.6) is 0 Å². The lowest BCUT2D eigenvalue weighted by atomic mass is 10.1. The van der Waals surface area contributed by atoms with E-state index in [0.717, 1.165) is 18.5 Å². The molecule has 1 aliphatic carbocycles. The van der Waals surface area contributed by atoms with Crippen LogP contribution in [-0.2, 0) is 0 Å². The third-order valence-corrected chi connectivity index (χ3v) is 3.93. The average Bonchev–Trinajstić information content (AvgIpc) is 2.93. The van der Waals surface area contributed by atoms with E-state index < -0.39 is 0 Å². The smallest absolute Gasteiger partial charge is 0.251 e. The minimum atomic E-state index is 0.00478. The van der Waals surface area contributed by atoms with Gasteiger partial charge in [-0.25, -0.2) is 4.68 Å². The first kappa shape index (κ1) is 13.7. The predicted octanol–water partition coefficient (Wildman–Crippen LogP) is 2.11. The van der Waals surface area contributed by atoms with Gasteiger partial charge in [0.25, 0.3) is 5.91 Å². The van der Waals surface area contributed by atoms with Gasteiger partial charge in [0.1, 0.15) is 6.33 Å². The molecule has 1 N–H and O–H groups in total. The minimum absolute atomic E-state index is 0.00478. The van der Waals surface area contributed by atoms with Crippen molar-refractivity contribution in [1.82, 2.24) is 25.5 Å². The van der Waals surface area contributed by atoms with Crippen LogP contribution in [0, 0.1) is 0 Å². The number of aromatic nitrogens is 4. The summed E-state index contributed by atoms with van der Waals surface area (Å²) >= 11 is 0. The fourth-order valence-electron chi connectivity index (χ4n) is 2.74. The normalized spacial score (nSPS) is 16.4. The highest BCUT2D eigenvalue weighted by atomic mass is 16.1. The maximum atomic E-state index is 12.3. The van der Waals surface area contributed by atoms with Crippen LogP contribution in [0.2, 0.25) is 0 Å². The minimum Gasteiger partial charge on any atom is -0.349 e. The molecule has 0 saturated heterocycles. The maximum absolute atomic E-state index is 12.3. The van der Waals surface area contributed by atoms with Crippen LogP contribution in [0.15, 0.2) is 30.6 Å². The first-order valence-electron chi connectivity index (χ1n) is 7.47. The molecule has 0 radical (unpaired) electrons. The van der Waals surface area contributed by atoms with E-state index in [1.54, 1.807) is 4.68 Å². The number of rotatable bonds is 3. The van der Waals surface area contributed by atoms with Crippen LogP contribution in [0.3, 0.4) is 0 Å². The highest BCUT2D eigenvalue weighted by molar-refractivity contribution is 5.94. The van der Waals surface area contributed by atoms with Gasteiger partial charge < -0.3 is 5.32 Å². The molecule has 1 amide bonds. The molecule has 1 aromatic heterocycles. The highest BCUT2D eigenvalue weighted by Gasteiger charge is 2.15. The molecular formula is C15H19N5O. The van der Waals surface area contributed by atoms with Crippen molar-refractivity contribution >= 4 is 5.91 Å². The lowest BCUT2D eigenvalue weighted by Crippen LogP contribution is -2.34. The van der Waals surface area contributed by atoms with Gasteiger partial charge in [0.2, 0.25) is 0 Å². The van der Waals surface area contributed by atoms with Gasteiger partial charge >= 0.3 is 0 Å². The van der Waals surface area contributed by atoms with E-state index in [9.17, 15) is 4.79 Å². The van der Waals surface area contributed by atoms with Crippen LogP contribution < -0.4 is 5.32 Å². The van der Waals surface area contributed by atoms with Crippen molar-refractivity contribution in [3.63, 3.8) is 0 Å². The Morgan fingerprint density at radius 3 is 2.43 bits per heavy atom. The summed E-state index contributed by atoms with van der Waals surface area (Å²) in [6, 6.07) is 7.63. The summed E-state index contributed by atoms with van der Waals surface area (Å²) in [6.45, 7) is 0. The average molecular weight is 285 g/mol. The Hall–Kier alpha value is -2.24. The third-order valence-electron chi connectivity index (χ3n) is 3.93. The summed E-state index contributed by atoms with van der Waals surface area (Å²) in [5, 5.41) is 14.2. The van der Waals surface area contributed by atoms with Crippen molar-refractivity contribution in [2.45, 2.75) is 44.6 Å². The van der Waals surface area contributed by atoms with E-state index in [-0.39, 0.29) is 5.91 Å². The molecule has 0 aliphatic heterocycles. The lowest BCUT2D eigenvalue weighted by molar-refractivity contribution is 0.0933. The Balaban J connectivity index is 1.64. The summed E-state index contributed by atoms with van der Waals surface area (Å²) in [6.07, 6.45) is 8.70. The number of tetrazole rings is 1. The zero-order chi connectivity index (χ0) is 14.5. The summed E-state index contributed by atoms with van der Waals surface area (Å²) in [7, 11) is 0. The summed E-state index contributed by atoms with van der Waals surface area (Å²) in [4.78, 5) is 12.3. The quantitative estimate of drug-likeness (QED) is 0.877. The zero-order valence-electron chi connectivity index (χ0n) is 11.9. The maximum Gasteiger partial charge on any atom is 0.251 e. The molecule has 0 spiro atoms. The molecule has 21 heavy (non-hydrogen) atoms. The fourth-order valence-corrected chi connectivity index (χ4v) is 2.74. The van der Waals surface area contributed by atoms with Gasteiger partial charge in [-0.3, -0.25) is 4.79 Å². The zero-order valence-corrected chi connectivity index (χ0v) is 11.9. The van der Waals surface area contributed by atoms with Crippen molar-refractivity contribution in [2.24, 2.45) is 0 Å². The van der Waals surface area contributed by atoms with Gasteiger partial charge in [-0.05, 0) is 47.5 Å². The summed E-state index contributed by atoms with van der Waals surface area (Å²) < 4.78 is 1.56. The first-order valence-corrected chi connectivity index (χ1v) is 7.47. The second kappa shape index (κ2) is 6.47. The number of amides is 1. The van der Waals surface area contributed by atoms with Crippen LogP contribution in [0.4, 0.5) is 0 Å². The monoisotopic (exact) mass is 285 g/mol. The standard InChI is InChI=1S/C15H19N5O/c21-15(17-13-5-3-1-2-4-6-13)12-7-9-14(10-8-12)20-11-16-18-19-20/h7-11,13H,1-6H2,(H,17,21). The fraction of sp³-hybridized carbons (Fsp3) is 0.467. The summed E-state index contributed by atoms with van der Waals surface area (Å²) in [5.74, 6) is 0.00478. The van der Waals surface area contributed by atoms with Crippen LogP contribution >= 0.6 is 0 Å². The molecule has 110 valence electrons. The molecular weight excluding hydrogens is 266 g/mol. The van der Waals surface area contributed by atoms with Gasteiger partial charge in [0.05, 0.1) is 5.69 Å². The molecule has 6 heteroatoms. The number of hydrogen-bond donors (Lipinski definition) is 1. The molecule has 1 fully saturated rings. The largest absolute Gasteiger partial charge is 0.349 e. The number of hydrogen-bond acceptors (Lipinski definition) is 4. The molecule has 0 bridgehead atoms. The van der Waals surface area contributed by atoms with E-state index in [4.69, 9.17) is 0 Å². The highest BCUT2D eigenvalue weighted by Crippen LogP contribution is 2.18. The van der Waals surface area contributed by atoms with Gasteiger partial charge in [0.15, 0.2) is 0 Å². The molecule has 6 nitrogen and oxygen atoms in total. The molecule has 1 aliphatic rings. The SMILES string of the molecule is O=C(NC1CCCCCC1)c1ccc(-n2cnnn2)cc1. The first-order chi connectivity index (χ1) is 10.3. The van der Waals surface area contributed by atoms with E-state index in [2.05, 4.69) is 20.8 Å². The molecule has 1 saturated carbocycles. The van der Waals surface area contributed by atoms with E-state index in [1.165, 1.54) is 32.0 Å². The van der Waals surface area contributed by atoms with Gasteiger partial charge in [-0.15, -0.1) is 5.10 Å². The van der Waals surface area contributed by atoms with E-state index >= 15 is 0 Å². The van der Waals surface area contributed by atoms with Gasteiger partial charge in [0, 0.05) is 11.6 Å². The Labute approximate surface area is 123 Å². The second-order valence-corrected chi connectivity index (χ2v) is 5.46. The predicted molar refractivity (Wildman–Crippen MR) is 78.1 cm³/mol. The Kier molecular flexibility index (Phi) is 4.23. The number of carbonyl (C=O) groups excluding carboxylic acids is 1. The van der Waals surface area contributed by atoms with Crippen molar-refractivity contribution in [3.8, 4) is 5.69 Å². The lowest BCUT2D eigenvalue weighted by Gasteiger charge is -2.16. The second-order valence-electron chi connectivity index (χ2n) is 5.46. The Morgan fingerprint density at radius 2 is 1.81 bits per heavy atom. The number of benzene rings is 1. The summed E-state index contributed by atoms with van der Waals surface area (Å²) in [5.41, 5.74) is 1.52. The molecule has 1 heterocycles. The van der Waals surface area contributed by atoms with Crippen molar-refractivity contribution < 1.29 is 4.79 Å². The van der Waals surface area contributed by atoms with E-state index in [0.29, 0.717) is 11.6 Å². The Bertz CT molecular complexity index is 571. The Morgan fingerprint density at radius 1 is 1.10 bits per heavy atom. The molecule has 2 aromatic rings. The van der Waals surface area contributed by atoms with Gasteiger partial charge in [-0.1, -0.05) is 25.7 Å². The third kappa shape index (κ3) is 3.45. The number of nitrogens with one attached hydrogen (secondary N) is 1. The number of nitrogens with zero attached hydrogens (tertiary/aromatic N) is 4. The van der Waals surface area contributed by atoms with E-state index in [1.807, 2.05) is 24.3 Å². The van der Waals surface area contributed by atoms with Crippen molar-refractivity contribution in [3.05, 3.63) is 36.2 Å². The van der Waals surface area contributed by atoms with Gasteiger partial charge in [-0.2, -0.15) is 0 Å². The molecule has 1 aromatic carbocycles. The topological polar surface area (TPSA) is 72.7 Å².